The number of ether oxygens (including phenoxy) is 3. The van der Waals surface area contributed by atoms with Gasteiger partial charge in [0.2, 0.25) is 0 Å². The summed E-state index contributed by atoms with van der Waals surface area (Å²) in [7, 11) is 1.60. The van der Waals surface area contributed by atoms with Crippen molar-refractivity contribution in [1.82, 2.24) is 0 Å². The number of alkyl halides is 1. The molecule has 4 heteroatoms. The molecule has 0 spiro atoms. The Balaban J connectivity index is 2.80. The van der Waals surface area contributed by atoms with Crippen LogP contribution in [0.3, 0.4) is 0 Å². The Morgan fingerprint density at radius 1 is 1.33 bits per heavy atom. The van der Waals surface area contributed by atoms with Crippen LogP contribution in [0.2, 0.25) is 0 Å². The highest BCUT2D eigenvalue weighted by Crippen LogP contribution is 2.31. The standard InChI is InChI=1S/C11H15ClO3/c1-3-14-8-15-11-9(7-12)5-4-6-10(11)13-2/h4-6H,3,7-8H2,1-2H3. The highest BCUT2D eigenvalue weighted by Gasteiger charge is 2.09. The molecule has 3 nitrogen and oxygen atoms in total. The second-order valence-corrected chi connectivity index (χ2v) is 3.10. The highest BCUT2D eigenvalue weighted by atomic mass is 35.5. The lowest BCUT2D eigenvalue weighted by atomic mass is 10.2. The minimum atomic E-state index is 0.209. The van der Waals surface area contributed by atoms with E-state index in [2.05, 4.69) is 0 Å². The third-order valence-corrected chi connectivity index (χ3v) is 2.20. The fourth-order valence-electron chi connectivity index (χ4n) is 1.18. The second-order valence-electron chi connectivity index (χ2n) is 2.84. The smallest absolute Gasteiger partial charge is 0.189 e. The molecular weight excluding hydrogens is 216 g/mol. The first-order valence-electron chi connectivity index (χ1n) is 4.75. The minimum Gasteiger partial charge on any atom is -0.493 e. The van der Waals surface area contributed by atoms with E-state index in [1.165, 1.54) is 0 Å². The normalized spacial score (nSPS) is 10.1. The van der Waals surface area contributed by atoms with E-state index in [-0.39, 0.29) is 6.79 Å². The molecule has 0 aromatic heterocycles. The molecule has 0 aliphatic rings. The van der Waals surface area contributed by atoms with Crippen LogP contribution in [0.5, 0.6) is 11.5 Å². The van der Waals surface area contributed by atoms with Gasteiger partial charge in [-0.1, -0.05) is 12.1 Å². The van der Waals surface area contributed by atoms with Gasteiger partial charge in [0.25, 0.3) is 0 Å². The van der Waals surface area contributed by atoms with Crippen molar-refractivity contribution in [3.05, 3.63) is 23.8 Å². The summed E-state index contributed by atoms with van der Waals surface area (Å²) in [4.78, 5) is 0. The molecule has 1 rings (SSSR count). The molecule has 0 bridgehead atoms. The third-order valence-electron chi connectivity index (χ3n) is 1.92. The average molecular weight is 231 g/mol. The van der Waals surface area contributed by atoms with E-state index in [4.69, 9.17) is 25.8 Å². The molecule has 0 atom stereocenters. The second kappa shape index (κ2) is 6.53. The molecule has 1 aromatic carbocycles. The molecule has 15 heavy (non-hydrogen) atoms. The van der Waals surface area contributed by atoms with E-state index >= 15 is 0 Å². The Morgan fingerprint density at radius 2 is 2.13 bits per heavy atom. The largest absolute Gasteiger partial charge is 0.493 e. The summed E-state index contributed by atoms with van der Waals surface area (Å²) in [6.07, 6.45) is 0. The van der Waals surface area contributed by atoms with Crippen molar-refractivity contribution in [1.29, 1.82) is 0 Å². The molecule has 0 saturated heterocycles. The molecule has 0 N–H and O–H groups in total. The summed E-state index contributed by atoms with van der Waals surface area (Å²) in [6, 6.07) is 5.61. The summed E-state index contributed by atoms with van der Waals surface area (Å²) in [5.41, 5.74) is 0.899. The van der Waals surface area contributed by atoms with E-state index in [1.807, 2.05) is 25.1 Å². The van der Waals surface area contributed by atoms with Crippen molar-refractivity contribution >= 4 is 11.6 Å². The van der Waals surface area contributed by atoms with Crippen LogP contribution in [-0.4, -0.2) is 20.5 Å². The first kappa shape index (κ1) is 12.1. The van der Waals surface area contributed by atoms with Gasteiger partial charge < -0.3 is 14.2 Å². The van der Waals surface area contributed by atoms with Crippen LogP contribution < -0.4 is 9.47 Å². The molecule has 0 aliphatic carbocycles. The van der Waals surface area contributed by atoms with E-state index < -0.39 is 0 Å². The third kappa shape index (κ3) is 3.29. The number of hydrogen-bond donors (Lipinski definition) is 0. The molecule has 84 valence electrons. The zero-order valence-electron chi connectivity index (χ0n) is 8.96. The topological polar surface area (TPSA) is 27.7 Å². The van der Waals surface area contributed by atoms with Crippen LogP contribution in [0.15, 0.2) is 18.2 Å². The predicted octanol–water partition coefficient (Wildman–Crippen LogP) is 2.81. The van der Waals surface area contributed by atoms with Crippen LogP contribution in [0.4, 0.5) is 0 Å². The van der Waals surface area contributed by atoms with Gasteiger partial charge in [-0.25, -0.2) is 0 Å². The van der Waals surface area contributed by atoms with Crippen molar-refractivity contribution in [3.8, 4) is 11.5 Å². The van der Waals surface area contributed by atoms with E-state index in [0.29, 0.717) is 24.0 Å². The van der Waals surface area contributed by atoms with Gasteiger partial charge in [-0.05, 0) is 13.0 Å². The number of halogens is 1. The predicted molar refractivity (Wildman–Crippen MR) is 59.7 cm³/mol. The fraction of sp³-hybridized carbons (Fsp3) is 0.455. The lowest BCUT2D eigenvalue weighted by Crippen LogP contribution is -2.05. The summed E-state index contributed by atoms with van der Waals surface area (Å²) in [5, 5.41) is 0. The monoisotopic (exact) mass is 230 g/mol. The van der Waals surface area contributed by atoms with Crippen LogP contribution >= 0.6 is 11.6 Å². The number of rotatable bonds is 6. The molecule has 1 aromatic rings. The first-order valence-corrected chi connectivity index (χ1v) is 5.29. The van der Waals surface area contributed by atoms with Crippen LogP contribution in [-0.2, 0) is 10.6 Å². The zero-order valence-corrected chi connectivity index (χ0v) is 9.71. The van der Waals surface area contributed by atoms with Crippen molar-refractivity contribution in [2.45, 2.75) is 12.8 Å². The number of para-hydroxylation sites is 1. The van der Waals surface area contributed by atoms with Crippen molar-refractivity contribution < 1.29 is 14.2 Å². The number of methoxy groups -OCH3 is 1. The molecule has 0 fully saturated rings. The summed E-state index contributed by atoms with van der Waals surface area (Å²) < 4.78 is 15.8. The summed E-state index contributed by atoms with van der Waals surface area (Å²) >= 11 is 5.80. The lowest BCUT2D eigenvalue weighted by Gasteiger charge is -2.13. The first-order chi connectivity index (χ1) is 7.33. The molecule has 0 aliphatic heterocycles. The van der Waals surface area contributed by atoms with Gasteiger partial charge in [-0.3, -0.25) is 0 Å². The Kier molecular flexibility index (Phi) is 5.29. The van der Waals surface area contributed by atoms with Crippen LogP contribution in [0.1, 0.15) is 12.5 Å². The Hall–Kier alpha value is -0.930. The van der Waals surface area contributed by atoms with Gasteiger partial charge >= 0.3 is 0 Å². The van der Waals surface area contributed by atoms with Gasteiger partial charge in [0.1, 0.15) is 0 Å². The van der Waals surface area contributed by atoms with E-state index in [9.17, 15) is 0 Å². The summed E-state index contributed by atoms with van der Waals surface area (Å²) in [5.74, 6) is 1.72. The SMILES string of the molecule is CCOCOc1c(CCl)cccc1OC. The molecule has 0 unspecified atom stereocenters. The van der Waals surface area contributed by atoms with Gasteiger partial charge in [-0.2, -0.15) is 0 Å². The Bertz CT molecular complexity index is 280. The fourth-order valence-corrected chi connectivity index (χ4v) is 1.39. The maximum atomic E-state index is 5.80. The maximum absolute atomic E-state index is 5.80. The minimum absolute atomic E-state index is 0.209. The quantitative estimate of drug-likeness (QED) is 0.427. The highest BCUT2D eigenvalue weighted by molar-refractivity contribution is 6.17. The van der Waals surface area contributed by atoms with Gasteiger partial charge in [-0.15, -0.1) is 11.6 Å². The molecular formula is C11H15ClO3. The molecule has 0 amide bonds. The number of hydrogen-bond acceptors (Lipinski definition) is 3. The molecule has 0 radical (unpaired) electrons. The van der Waals surface area contributed by atoms with Crippen molar-refractivity contribution in [2.24, 2.45) is 0 Å². The van der Waals surface area contributed by atoms with Gasteiger partial charge in [0, 0.05) is 12.2 Å². The molecule has 0 saturated carbocycles. The van der Waals surface area contributed by atoms with Crippen molar-refractivity contribution in [2.75, 3.05) is 20.5 Å². The van der Waals surface area contributed by atoms with Crippen LogP contribution in [0.25, 0.3) is 0 Å². The van der Waals surface area contributed by atoms with Crippen molar-refractivity contribution in [3.63, 3.8) is 0 Å². The lowest BCUT2D eigenvalue weighted by molar-refractivity contribution is 0.0204. The average Bonchev–Trinajstić information content (AvgIpc) is 2.29. The van der Waals surface area contributed by atoms with Gasteiger partial charge in [0.05, 0.1) is 13.0 Å². The summed E-state index contributed by atoms with van der Waals surface area (Å²) in [6.45, 7) is 2.74. The van der Waals surface area contributed by atoms with E-state index in [0.717, 1.165) is 5.56 Å². The van der Waals surface area contributed by atoms with E-state index in [1.54, 1.807) is 7.11 Å². The molecule has 0 heterocycles. The Labute approximate surface area is 94.9 Å². The maximum Gasteiger partial charge on any atom is 0.189 e. The zero-order chi connectivity index (χ0) is 11.1. The van der Waals surface area contributed by atoms with Gasteiger partial charge in [0.15, 0.2) is 18.3 Å². The van der Waals surface area contributed by atoms with Crippen LogP contribution in [0, 0.1) is 0 Å². The number of benzene rings is 1. The Morgan fingerprint density at radius 3 is 2.73 bits per heavy atom.